The fraction of sp³-hybridized carbons (Fsp3) is 0.833. The van der Waals surface area contributed by atoms with Crippen LogP contribution in [0.3, 0.4) is 0 Å². The first-order chi connectivity index (χ1) is 4.68. The number of aliphatic carboxylic acids is 1. The van der Waals surface area contributed by atoms with Crippen molar-refractivity contribution in [2.75, 3.05) is 6.54 Å². The third-order valence-corrected chi connectivity index (χ3v) is 1.29. The molecule has 0 unspecified atom stereocenters. The van der Waals surface area contributed by atoms with Crippen molar-refractivity contribution in [1.82, 2.24) is 0 Å². The normalized spacial score (nSPS) is 9.29. The monoisotopic (exact) mass is 422 g/mol. The number of nitrogens with two attached hydrogens (primary N) is 2. The second kappa shape index (κ2) is 19.7. The molecule has 0 spiro atoms. The Labute approximate surface area is 122 Å². The van der Waals surface area contributed by atoms with Crippen molar-refractivity contribution in [3.63, 3.8) is 0 Å². The highest BCUT2D eigenvalue weighted by Crippen LogP contribution is 1.96. The fourth-order valence-corrected chi connectivity index (χ4v) is 0.632. The summed E-state index contributed by atoms with van der Waals surface area (Å²) in [6.07, 6.45) is 2.16. The quantitative estimate of drug-likeness (QED) is 0.585. The van der Waals surface area contributed by atoms with Crippen LogP contribution in [-0.2, 0) is 4.79 Å². The van der Waals surface area contributed by atoms with Gasteiger partial charge in [0, 0.05) is 0 Å². The molecule has 5 N–H and O–H groups in total. The second-order valence-electron chi connectivity index (χ2n) is 2.23. The molecule has 0 aromatic heterocycles. The molecule has 0 amide bonds. The van der Waals surface area contributed by atoms with E-state index in [1.54, 1.807) is 0 Å². The van der Waals surface area contributed by atoms with Crippen molar-refractivity contribution in [2.45, 2.75) is 25.3 Å². The number of halogens is 4. The topological polar surface area (TPSA) is 89.3 Å². The van der Waals surface area contributed by atoms with Crippen LogP contribution in [0, 0.1) is 0 Å². The first kappa shape index (κ1) is 29.4. The summed E-state index contributed by atoms with van der Waals surface area (Å²) < 4.78 is 0. The van der Waals surface area contributed by atoms with Gasteiger partial charge in [-0.1, -0.05) is 6.42 Å². The van der Waals surface area contributed by atoms with Gasteiger partial charge in [0.1, 0.15) is 6.04 Å². The van der Waals surface area contributed by atoms with Crippen molar-refractivity contribution in [3.05, 3.63) is 0 Å². The average Bonchev–Trinajstić information content (AvgIpc) is 1.88. The SMILES string of the molecule is Br.Br.Br.Cl.NCCCC[C@H](N)C(=O)O. The van der Waals surface area contributed by atoms with Crippen LogP contribution in [0.15, 0.2) is 0 Å². The third-order valence-electron chi connectivity index (χ3n) is 1.29. The zero-order valence-electron chi connectivity index (χ0n) is 7.55. The molecule has 0 aliphatic carbocycles. The van der Waals surface area contributed by atoms with Crippen LogP contribution in [0.25, 0.3) is 0 Å². The van der Waals surface area contributed by atoms with E-state index in [0.717, 1.165) is 12.8 Å². The Hall–Kier alpha value is 1.12. The Morgan fingerprint density at radius 2 is 1.64 bits per heavy atom. The summed E-state index contributed by atoms with van der Waals surface area (Å²) in [5.74, 6) is -0.933. The van der Waals surface area contributed by atoms with Crippen molar-refractivity contribution >= 4 is 69.3 Å². The van der Waals surface area contributed by atoms with E-state index in [1.807, 2.05) is 0 Å². The lowest BCUT2D eigenvalue weighted by Crippen LogP contribution is -2.29. The maximum atomic E-state index is 10.1. The summed E-state index contributed by atoms with van der Waals surface area (Å²) in [5, 5.41) is 8.33. The van der Waals surface area contributed by atoms with E-state index >= 15 is 0 Å². The minimum absolute atomic E-state index is 0. The number of hydrogen-bond donors (Lipinski definition) is 3. The molecule has 4 nitrogen and oxygen atoms in total. The summed E-state index contributed by atoms with van der Waals surface area (Å²) >= 11 is 0. The van der Waals surface area contributed by atoms with E-state index < -0.39 is 12.0 Å². The number of carbonyl (C=O) groups is 1. The molecule has 0 aliphatic heterocycles. The molecule has 1 atom stereocenters. The second-order valence-corrected chi connectivity index (χ2v) is 2.23. The van der Waals surface area contributed by atoms with E-state index in [1.165, 1.54) is 0 Å². The van der Waals surface area contributed by atoms with Gasteiger partial charge >= 0.3 is 5.97 Å². The molecule has 0 aromatic carbocycles. The summed E-state index contributed by atoms with van der Waals surface area (Å²) in [6, 6.07) is -0.716. The lowest BCUT2D eigenvalue weighted by Gasteiger charge is -2.03. The molecule has 92 valence electrons. The predicted molar refractivity (Wildman–Crippen MR) is 76.7 cm³/mol. The molecule has 0 fully saturated rings. The maximum Gasteiger partial charge on any atom is 0.320 e. The summed E-state index contributed by atoms with van der Waals surface area (Å²) in [4.78, 5) is 10.1. The Bertz CT molecular complexity index is 121. The molecule has 0 bridgehead atoms. The highest BCUT2D eigenvalue weighted by molar-refractivity contribution is 8.93. The van der Waals surface area contributed by atoms with Crippen LogP contribution in [-0.4, -0.2) is 23.7 Å². The molecule has 0 aliphatic rings. The summed E-state index contributed by atoms with van der Waals surface area (Å²) in [5.41, 5.74) is 10.4. The van der Waals surface area contributed by atoms with Gasteiger partial charge in [0.2, 0.25) is 0 Å². The van der Waals surface area contributed by atoms with Crippen molar-refractivity contribution in [2.24, 2.45) is 11.5 Å². The zero-order chi connectivity index (χ0) is 7.98. The molecule has 0 saturated heterocycles. The van der Waals surface area contributed by atoms with E-state index in [4.69, 9.17) is 16.6 Å². The van der Waals surface area contributed by atoms with Gasteiger partial charge in [-0.2, -0.15) is 0 Å². The molecule has 0 aromatic rings. The third kappa shape index (κ3) is 18.8. The molecule has 0 heterocycles. The van der Waals surface area contributed by atoms with E-state index in [-0.39, 0.29) is 63.4 Å². The summed E-state index contributed by atoms with van der Waals surface area (Å²) in [6.45, 7) is 0.604. The molecule has 0 radical (unpaired) electrons. The van der Waals surface area contributed by atoms with Gasteiger partial charge in [-0.25, -0.2) is 0 Å². The number of hydrogen-bond acceptors (Lipinski definition) is 3. The van der Waals surface area contributed by atoms with Crippen LogP contribution in [0.4, 0.5) is 0 Å². The van der Waals surface area contributed by atoms with E-state index in [0.29, 0.717) is 13.0 Å². The number of rotatable bonds is 5. The Balaban J connectivity index is -0.0000000675. The number of carboxylic acids is 1. The van der Waals surface area contributed by atoms with Gasteiger partial charge in [0.15, 0.2) is 0 Å². The zero-order valence-corrected chi connectivity index (χ0v) is 13.5. The van der Waals surface area contributed by atoms with Crippen LogP contribution in [0.5, 0.6) is 0 Å². The molecule has 0 rings (SSSR count). The van der Waals surface area contributed by atoms with E-state index in [9.17, 15) is 4.79 Å². The highest BCUT2D eigenvalue weighted by Gasteiger charge is 2.09. The minimum atomic E-state index is -0.933. The number of unbranched alkanes of at least 4 members (excludes halogenated alkanes) is 1. The first-order valence-corrected chi connectivity index (χ1v) is 3.37. The smallest absolute Gasteiger partial charge is 0.320 e. The Kier molecular flexibility index (Phi) is 41.3. The molecular formula is C6H18Br3ClN2O2. The first-order valence-electron chi connectivity index (χ1n) is 3.37. The van der Waals surface area contributed by atoms with Gasteiger partial charge in [-0.3, -0.25) is 4.79 Å². The predicted octanol–water partition coefficient (Wildman–Crippen LogP) is 1.68. The molecule has 8 heteroatoms. The van der Waals surface area contributed by atoms with E-state index in [2.05, 4.69) is 0 Å². The molecular weight excluding hydrogens is 407 g/mol. The van der Waals surface area contributed by atoms with Crippen LogP contribution in [0.1, 0.15) is 19.3 Å². The Morgan fingerprint density at radius 3 is 1.93 bits per heavy atom. The lowest BCUT2D eigenvalue weighted by molar-refractivity contribution is -0.138. The summed E-state index contributed by atoms with van der Waals surface area (Å²) in [7, 11) is 0. The van der Waals surface area contributed by atoms with Gasteiger partial charge < -0.3 is 16.6 Å². The average molecular weight is 425 g/mol. The lowest BCUT2D eigenvalue weighted by atomic mass is 10.1. The van der Waals surface area contributed by atoms with Gasteiger partial charge in [0.25, 0.3) is 0 Å². The van der Waals surface area contributed by atoms with Crippen LogP contribution < -0.4 is 11.5 Å². The molecule has 14 heavy (non-hydrogen) atoms. The number of carboxylic acid groups (broad SMARTS) is 1. The molecule has 0 saturated carbocycles. The fourth-order valence-electron chi connectivity index (χ4n) is 0.632. The van der Waals surface area contributed by atoms with Crippen LogP contribution >= 0.6 is 63.4 Å². The standard InChI is InChI=1S/C6H14N2O2.3BrH.ClH/c7-4-2-1-3-5(8)6(9)10;;;;/h5H,1-4,7-8H2,(H,9,10);4*1H/t5-;;;;/m0..../s1. The minimum Gasteiger partial charge on any atom is -0.480 e. The van der Waals surface area contributed by atoms with Crippen molar-refractivity contribution in [3.8, 4) is 0 Å². The van der Waals surface area contributed by atoms with Gasteiger partial charge in [0.05, 0.1) is 0 Å². The van der Waals surface area contributed by atoms with Gasteiger partial charge in [-0.05, 0) is 19.4 Å². The Morgan fingerprint density at radius 1 is 1.21 bits per heavy atom. The highest BCUT2D eigenvalue weighted by atomic mass is 79.9. The van der Waals surface area contributed by atoms with Crippen LogP contribution in [0.2, 0.25) is 0 Å². The van der Waals surface area contributed by atoms with Gasteiger partial charge in [-0.15, -0.1) is 63.4 Å². The van der Waals surface area contributed by atoms with Crippen molar-refractivity contribution < 1.29 is 9.90 Å². The largest absolute Gasteiger partial charge is 0.480 e. The van der Waals surface area contributed by atoms with Crippen molar-refractivity contribution in [1.29, 1.82) is 0 Å². The maximum absolute atomic E-state index is 10.1.